The van der Waals surface area contributed by atoms with Gasteiger partial charge in [0, 0.05) is 29.1 Å². The molecule has 0 aliphatic rings. The van der Waals surface area contributed by atoms with Crippen LogP contribution in [0.3, 0.4) is 0 Å². The van der Waals surface area contributed by atoms with Crippen molar-refractivity contribution in [1.29, 1.82) is 0 Å². The number of ketones is 1. The topological polar surface area (TPSA) is 61.2 Å². The van der Waals surface area contributed by atoms with Gasteiger partial charge in [-0.2, -0.15) is 0 Å². The van der Waals surface area contributed by atoms with Gasteiger partial charge in [0.15, 0.2) is 6.61 Å². The van der Waals surface area contributed by atoms with Gasteiger partial charge in [0.1, 0.15) is 5.82 Å². The summed E-state index contributed by atoms with van der Waals surface area (Å²) in [6, 6.07) is 15.7. The maximum absolute atomic E-state index is 13.2. The van der Waals surface area contributed by atoms with Gasteiger partial charge in [-0.25, -0.2) is 9.37 Å². The van der Waals surface area contributed by atoms with Crippen LogP contribution in [-0.2, 0) is 16.0 Å². The maximum atomic E-state index is 13.2. The van der Waals surface area contributed by atoms with E-state index in [0.717, 1.165) is 32.3 Å². The second-order valence-corrected chi connectivity index (χ2v) is 8.37. The lowest BCUT2D eigenvalue weighted by Crippen LogP contribution is -2.15. The molecule has 158 valence electrons. The van der Waals surface area contributed by atoms with Gasteiger partial charge in [0.05, 0.1) is 21.6 Å². The molecular weight excluding hydrogens is 415 g/mol. The van der Waals surface area contributed by atoms with E-state index in [-0.39, 0.29) is 24.6 Å². The molecule has 0 amide bonds. The zero-order chi connectivity index (χ0) is 22.0. The minimum atomic E-state index is -0.431. The molecule has 2 aromatic carbocycles. The summed E-state index contributed by atoms with van der Waals surface area (Å²) in [5, 5.41) is 0.868. The van der Waals surface area contributed by atoms with Crippen molar-refractivity contribution in [2.45, 2.75) is 26.7 Å². The molecule has 0 saturated carbocycles. The number of rotatable bonds is 7. The predicted molar refractivity (Wildman–Crippen MR) is 118 cm³/mol. The Morgan fingerprint density at radius 2 is 1.84 bits per heavy atom. The number of esters is 1. The Labute approximate surface area is 183 Å². The fraction of sp³-hybridized carbons (Fsp3) is 0.208. The first-order valence-electron chi connectivity index (χ1n) is 9.90. The molecule has 5 nitrogen and oxygen atoms in total. The van der Waals surface area contributed by atoms with Gasteiger partial charge in [0.25, 0.3) is 0 Å². The summed E-state index contributed by atoms with van der Waals surface area (Å²) in [5.41, 5.74) is 3.74. The first kappa shape index (κ1) is 20.9. The molecule has 0 N–H and O–H groups in total. The smallest absolute Gasteiger partial charge is 0.306 e. The van der Waals surface area contributed by atoms with Crippen molar-refractivity contribution in [2.75, 3.05) is 6.61 Å². The number of carbonyl (C=O) groups is 2. The summed E-state index contributed by atoms with van der Waals surface area (Å²) >= 11 is 1.55. The molecule has 7 heteroatoms. The quantitative estimate of drug-likeness (QED) is 0.295. The number of Topliss-reactive ketones (excluding diaryl/α,β-unsaturated/α-hetero) is 1. The van der Waals surface area contributed by atoms with Crippen LogP contribution >= 0.6 is 11.3 Å². The highest BCUT2D eigenvalue weighted by atomic mass is 32.1. The summed E-state index contributed by atoms with van der Waals surface area (Å²) in [7, 11) is 0. The summed E-state index contributed by atoms with van der Waals surface area (Å²) in [4.78, 5) is 29.3. The van der Waals surface area contributed by atoms with E-state index in [1.165, 1.54) is 12.1 Å². The number of aryl methyl sites for hydroxylation is 2. The fourth-order valence-corrected chi connectivity index (χ4v) is 4.53. The van der Waals surface area contributed by atoms with E-state index in [9.17, 15) is 14.0 Å². The second-order valence-electron chi connectivity index (χ2n) is 7.26. The number of carbonyl (C=O) groups excluding carboxylic acids is 2. The molecule has 0 atom stereocenters. The number of aromatic nitrogens is 2. The Kier molecular flexibility index (Phi) is 5.95. The van der Waals surface area contributed by atoms with Crippen LogP contribution in [0.15, 0.2) is 54.6 Å². The molecule has 0 spiro atoms. The minimum absolute atomic E-state index is 0.168. The van der Waals surface area contributed by atoms with Crippen LogP contribution in [0.25, 0.3) is 15.9 Å². The molecule has 2 heterocycles. The first-order chi connectivity index (χ1) is 14.9. The van der Waals surface area contributed by atoms with Crippen molar-refractivity contribution in [2.24, 2.45) is 0 Å². The Bertz CT molecular complexity index is 1220. The monoisotopic (exact) mass is 436 g/mol. The highest BCUT2D eigenvalue weighted by Crippen LogP contribution is 2.23. The van der Waals surface area contributed by atoms with Crippen molar-refractivity contribution in [3.8, 4) is 5.69 Å². The van der Waals surface area contributed by atoms with Crippen molar-refractivity contribution >= 4 is 33.3 Å². The summed E-state index contributed by atoms with van der Waals surface area (Å²) in [6.45, 7) is 3.38. The number of hydrogen-bond acceptors (Lipinski definition) is 5. The van der Waals surface area contributed by atoms with Crippen LogP contribution < -0.4 is 0 Å². The molecule has 4 aromatic rings. The molecule has 0 aliphatic heterocycles. The molecule has 31 heavy (non-hydrogen) atoms. The van der Waals surface area contributed by atoms with Crippen molar-refractivity contribution < 1.29 is 18.7 Å². The van der Waals surface area contributed by atoms with Gasteiger partial charge < -0.3 is 9.30 Å². The number of fused-ring (bicyclic) bond motifs is 1. The normalized spacial score (nSPS) is 11.1. The predicted octanol–water partition coefficient (Wildman–Crippen LogP) is 5.20. The lowest BCUT2D eigenvalue weighted by Gasteiger charge is -2.10. The SMILES string of the molecule is Cc1cc(C(=O)COC(=O)CCc2nc3ccccc3s2)c(C)n1-c1ccc(F)cc1. The largest absolute Gasteiger partial charge is 0.457 e. The van der Waals surface area contributed by atoms with Crippen LogP contribution in [0.2, 0.25) is 0 Å². The molecule has 0 fully saturated rings. The number of ether oxygens (including phenoxy) is 1. The number of halogens is 1. The van der Waals surface area contributed by atoms with Crippen molar-refractivity contribution in [3.63, 3.8) is 0 Å². The second kappa shape index (κ2) is 8.81. The number of para-hydroxylation sites is 1. The zero-order valence-corrected chi connectivity index (χ0v) is 18.0. The fourth-order valence-electron chi connectivity index (χ4n) is 3.56. The molecule has 4 rings (SSSR count). The van der Waals surface area contributed by atoms with Gasteiger partial charge in [-0.05, 0) is 56.3 Å². The molecule has 2 aromatic heterocycles. The number of hydrogen-bond donors (Lipinski definition) is 0. The highest BCUT2D eigenvalue weighted by Gasteiger charge is 2.18. The average molecular weight is 437 g/mol. The van der Waals surface area contributed by atoms with Gasteiger partial charge in [0.2, 0.25) is 5.78 Å². The van der Waals surface area contributed by atoms with E-state index in [1.807, 2.05) is 42.7 Å². The lowest BCUT2D eigenvalue weighted by molar-refractivity contribution is -0.142. The van der Waals surface area contributed by atoms with Crippen LogP contribution in [-0.4, -0.2) is 27.9 Å². The molecule has 0 aliphatic carbocycles. The molecule has 0 saturated heterocycles. The van der Waals surface area contributed by atoms with E-state index in [0.29, 0.717) is 12.0 Å². The van der Waals surface area contributed by atoms with Crippen LogP contribution in [0.4, 0.5) is 4.39 Å². The Morgan fingerprint density at radius 1 is 1.10 bits per heavy atom. The van der Waals surface area contributed by atoms with Gasteiger partial charge in [-0.15, -0.1) is 11.3 Å². The molecule has 0 bridgehead atoms. The summed E-state index contributed by atoms with van der Waals surface area (Å²) < 4.78 is 21.4. The zero-order valence-electron chi connectivity index (χ0n) is 17.2. The maximum Gasteiger partial charge on any atom is 0.306 e. The van der Waals surface area contributed by atoms with Crippen molar-refractivity contribution in [1.82, 2.24) is 9.55 Å². The van der Waals surface area contributed by atoms with E-state index in [1.54, 1.807) is 29.5 Å². The standard InChI is InChI=1S/C24H21FN2O3S/c1-15-13-19(16(2)27(15)18-9-7-17(25)8-10-18)21(28)14-30-24(29)12-11-23-26-20-5-3-4-6-22(20)31-23/h3-10,13H,11-12,14H2,1-2H3. The Balaban J connectivity index is 1.36. The third-order valence-corrected chi connectivity index (χ3v) is 6.16. The van der Waals surface area contributed by atoms with Crippen LogP contribution in [0, 0.1) is 19.7 Å². The third-order valence-electron chi connectivity index (χ3n) is 5.06. The minimum Gasteiger partial charge on any atom is -0.457 e. The van der Waals surface area contributed by atoms with E-state index >= 15 is 0 Å². The molecular formula is C24H21FN2O3S. The molecule has 0 radical (unpaired) electrons. The van der Waals surface area contributed by atoms with Crippen molar-refractivity contribution in [3.05, 3.63) is 82.4 Å². The van der Waals surface area contributed by atoms with Crippen LogP contribution in [0.5, 0.6) is 0 Å². The number of benzene rings is 2. The Morgan fingerprint density at radius 3 is 2.58 bits per heavy atom. The highest BCUT2D eigenvalue weighted by molar-refractivity contribution is 7.18. The third kappa shape index (κ3) is 4.56. The van der Waals surface area contributed by atoms with E-state index in [2.05, 4.69) is 4.98 Å². The number of thiazole rings is 1. The number of nitrogens with zero attached hydrogens (tertiary/aromatic N) is 2. The van der Waals surface area contributed by atoms with E-state index < -0.39 is 5.97 Å². The lowest BCUT2D eigenvalue weighted by atomic mass is 10.1. The molecule has 0 unspecified atom stereocenters. The first-order valence-corrected chi connectivity index (χ1v) is 10.7. The summed E-state index contributed by atoms with van der Waals surface area (Å²) in [6.07, 6.45) is 0.646. The van der Waals surface area contributed by atoms with Gasteiger partial charge in [-0.3, -0.25) is 9.59 Å². The van der Waals surface area contributed by atoms with Gasteiger partial charge in [-0.1, -0.05) is 12.1 Å². The Hall–Kier alpha value is -3.32. The van der Waals surface area contributed by atoms with Gasteiger partial charge >= 0.3 is 5.97 Å². The van der Waals surface area contributed by atoms with Crippen LogP contribution in [0.1, 0.15) is 33.2 Å². The summed E-state index contributed by atoms with van der Waals surface area (Å²) in [5.74, 6) is -1.02. The average Bonchev–Trinajstić information content (AvgIpc) is 3.31. The van der Waals surface area contributed by atoms with E-state index in [4.69, 9.17) is 4.74 Å².